The molecule has 0 aliphatic rings. The summed E-state index contributed by atoms with van der Waals surface area (Å²) in [5, 5.41) is 10.8. The molecule has 1 amide bonds. The van der Waals surface area contributed by atoms with Crippen LogP contribution >= 0.6 is 22.7 Å². The van der Waals surface area contributed by atoms with Crippen LogP contribution in [0.15, 0.2) is 41.4 Å². The van der Waals surface area contributed by atoms with Crippen LogP contribution in [0.1, 0.15) is 17.4 Å². The third-order valence-electron chi connectivity index (χ3n) is 3.89. The summed E-state index contributed by atoms with van der Waals surface area (Å²) in [6, 6.07) is 9.15. The number of rotatable bonds is 7. The van der Waals surface area contributed by atoms with E-state index < -0.39 is 10.8 Å². The number of carbonyl (C=O) groups is 1. The van der Waals surface area contributed by atoms with E-state index in [0.717, 1.165) is 27.1 Å². The van der Waals surface area contributed by atoms with Gasteiger partial charge >= 0.3 is 5.00 Å². The van der Waals surface area contributed by atoms with E-state index in [2.05, 4.69) is 11.1 Å². The van der Waals surface area contributed by atoms with Gasteiger partial charge in [-0.3, -0.25) is 14.9 Å². The molecule has 0 saturated carbocycles. The lowest BCUT2D eigenvalue weighted by Gasteiger charge is -2.05. The number of amides is 1. The number of thiazole rings is 1. The summed E-state index contributed by atoms with van der Waals surface area (Å²) < 4.78 is 8.50. The molecule has 0 aliphatic carbocycles. The fourth-order valence-corrected chi connectivity index (χ4v) is 4.48. The van der Waals surface area contributed by atoms with Crippen LogP contribution < -0.4 is 4.80 Å². The average molecular weight is 418 g/mol. The second-order valence-electron chi connectivity index (χ2n) is 5.92. The summed E-state index contributed by atoms with van der Waals surface area (Å²) in [7, 11) is 0. The van der Waals surface area contributed by atoms with E-state index in [1.165, 1.54) is 23.5 Å². The summed E-state index contributed by atoms with van der Waals surface area (Å²) in [5.74, 6) is -0.413. The third kappa shape index (κ3) is 4.80. The summed E-state index contributed by atoms with van der Waals surface area (Å²) in [6.45, 7) is 5.72. The number of benzene rings is 1. The first kappa shape index (κ1) is 20.1. The highest BCUT2D eigenvalue weighted by atomic mass is 32.1. The molecule has 0 aliphatic heterocycles. The van der Waals surface area contributed by atoms with Crippen LogP contribution in [0.25, 0.3) is 16.3 Å². The Hall–Kier alpha value is -2.62. The third-order valence-corrected chi connectivity index (χ3v) is 5.93. The van der Waals surface area contributed by atoms with Crippen molar-refractivity contribution in [2.75, 3.05) is 13.2 Å². The zero-order valence-electron chi connectivity index (χ0n) is 15.5. The van der Waals surface area contributed by atoms with Gasteiger partial charge in [0.1, 0.15) is 0 Å². The Morgan fingerprint density at radius 2 is 2.14 bits per heavy atom. The lowest BCUT2D eigenvalue weighted by molar-refractivity contribution is -0.380. The van der Waals surface area contributed by atoms with Gasteiger partial charge in [-0.1, -0.05) is 28.7 Å². The fraction of sp³-hybridized carbons (Fsp3) is 0.263. The fourth-order valence-electron chi connectivity index (χ4n) is 2.60. The molecular formula is C19H19N3O4S2. The molecule has 0 atom stereocenters. The molecule has 0 saturated heterocycles. The Bertz CT molecular complexity index is 1110. The van der Waals surface area contributed by atoms with E-state index in [4.69, 9.17) is 4.74 Å². The van der Waals surface area contributed by atoms with E-state index in [1.807, 2.05) is 30.5 Å². The Kier molecular flexibility index (Phi) is 6.50. The van der Waals surface area contributed by atoms with Gasteiger partial charge in [0.05, 0.1) is 21.7 Å². The van der Waals surface area contributed by atoms with Gasteiger partial charge in [-0.15, -0.1) is 0 Å². The molecule has 3 rings (SSSR count). The molecule has 0 radical (unpaired) electrons. The number of nitro groups is 1. The number of carbonyl (C=O) groups excluding carboxylic acids is 1. The number of ether oxygens (including phenoxy) is 1. The molecule has 0 N–H and O–H groups in total. The van der Waals surface area contributed by atoms with Gasteiger partial charge in [-0.2, -0.15) is 4.99 Å². The van der Waals surface area contributed by atoms with Crippen LogP contribution in [-0.4, -0.2) is 28.6 Å². The van der Waals surface area contributed by atoms with Gasteiger partial charge in [-0.05, 0) is 43.7 Å². The number of aryl methyl sites for hydroxylation is 1. The minimum Gasteiger partial charge on any atom is -0.380 e. The van der Waals surface area contributed by atoms with Crippen LogP contribution in [-0.2, 0) is 16.1 Å². The highest BCUT2D eigenvalue weighted by Crippen LogP contribution is 2.24. The van der Waals surface area contributed by atoms with Crippen molar-refractivity contribution in [1.82, 2.24) is 4.57 Å². The molecule has 3 aromatic rings. The second-order valence-corrected chi connectivity index (χ2v) is 8.02. The smallest absolute Gasteiger partial charge is 0.324 e. The Balaban J connectivity index is 1.90. The average Bonchev–Trinajstić information content (AvgIpc) is 3.25. The number of aromatic nitrogens is 1. The predicted octanol–water partition coefficient (Wildman–Crippen LogP) is 4.16. The van der Waals surface area contributed by atoms with E-state index in [-0.39, 0.29) is 5.00 Å². The standard InChI is InChI=1S/C19H19N3O4S2/c1-3-26-11-10-21-15-7-4-13(2)12-16(15)28-19(21)20-17(23)8-5-14-6-9-18(27-14)22(24)25/h4-9,12H,3,10-11H2,1-2H3. The van der Waals surface area contributed by atoms with E-state index in [0.29, 0.717) is 29.4 Å². The van der Waals surface area contributed by atoms with Crippen molar-refractivity contribution in [3.05, 3.63) is 61.8 Å². The maximum Gasteiger partial charge on any atom is 0.324 e. The first-order valence-corrected chi connectivity index (χ1v) is 10.3. The minimum atomic E-state index is -0.450. The first-order valence-electron chi connectivity index (χ1n) is 8.66. The molecule has 146 valence electrons. The van der Waals surface area contributed by atoms with Gasteiger partial charge in [0.15, 0.2) is 4.80 Å². The summed E-state index contributed by atoms with van der Waals surface area (Å²) in [5.41, 5.74) is 2.16. The van der Waals surface area contributed by atoms with Crippen molar-refractivity contribution in [1.29, 1.82) is 0 Å². The van der Waals surface area contributed by atoms with Gasteiger partial charge in [0.2, 0.25) is 0 Å². The van der Waals surface area contributed by atoms with Crippen LogP contribution in [0.4, 0.5) is 5.00 Å². The minimum absolute atomic E-state index is 0.0395. The second kappa shape index (κ2) is 9.05. The molecule has 9 heteroatoms. The number of hydrogen-bond donors (Lipinski definition) is 0. The number of hydrogen-bond acceptors (Lipinski definition) is 6. The summed E-state index contributed by atoms with van der Waals surface area (Å²) in [4.78, 5) is 28.1. The molecule has 0 fully saturated rings. The van der Waals surface area contributed by atoms with Crippen molar-refractivity contribution in [2.24, 2.45) is 4.99 Å². The molecule has 7 nitrogen and oxygen atoms in total. The largest absolute Gasteiger partial charge is 0.380 e. The highest BCUT2D eigenvalue weighted by Gasteiger charge is 2.09. The van der Waals surface area contributed by atoms with Crippen molar-refractivity contribution in [2.45, 2.75) is 20.4 Å². The molecule has 0 spiro atoms. The highest BCUT2D eigenvalue weighted by molar-refractivity contribution is 7.16. The van der Waals surface area contributed by atoms with Gasteiger partial charge in [-0.25, -0.2) is 0 Å². The van der Waals surface area contributed by atoms with Crippen molar-refractivity contribution in [3.63, 3.8) is 0 Å². The SMILES string of the molecule is CCOCCn1c(=NC(=O)C=Cc2ccc([N+](=O)[O-])s2)sc2cc(C)ccc21. The molecule has 0 bridgehead atoms. The van der Waals surface area contributed by atoms with Crippen LogP contribution in [0.3, 0.4) is 0 Å². The van der Waals surface area contributed by atoms with E-state index in [9.17, 15) is 14.9 Å². The van der Waals surface area contributed by atoms with Crippen LogP contribution in [0, 0.1) is 17.0 Å². The van der Waals surface area contributed by atoms with Crippen molar-refractivity contribution >= 4 is 49.9 Å². The predicted molar refractivity (Wildman–Crippen MR) is 112 cm³/mol. The molecule has 28 heavy (non-hydrogen) atoms. The lowest BCUT2D eigenvalue weighted by atomic mass is 10.2. The van der Waals surface area contributed by atoms with Gasteiger partial charge < -0.3 is 9.30 Å². The maximum absolute atomic E-state index is 12.3. The van der Waals surface area contributed by atoms with Gasteiger partial charge in [0, 0.05) is 30.2 Å². The number of nitrogens with zero attached hydrogens (tertiary/aromatic N) is 3. The first-order chi connectivity index (χ1) is 13.5. The molecule has 0 unspecified atom stereocenters. The summed E-state index contributed by atoms with van der Waals surface area (Å²) >= 11 is 2.47. The maximum atomic E-state index is 12.3. The molecule has 2 heterocycles. The number of thiophene rings is 1. The molecule has 1 aromatic carbocycles. The Labute approximate surface area is 169 Å². The van der Waals surface area contributed by atoms with Gasteiger partial charge in [0.25, 0.3) is 5.91 Å². The Morgan fingerprint density at radius 3 is 2.86 bits per heavy atom. The van der Waals surface area contributed by atoms with E-state index >= 15 is 0 Å². The number of fused-ring (bicyclic) bond motifs is 1. The quantitative estimate of drug-likeness (QED) is 0.250. The van der Waals surface area contributed by atoms with E-state index in [1.54, 1.807) is 12.1 Å². The summed E-state index contributed by atoms with van der Waals surface area (Å²) in [6.07, 6.45) is 2.88. The van der Waals surface area contributed by atoms with Crippen LogP contribution in [0.5, 0.6) is 0 Å². The van der Waals surface area contributed by atoms with Crippen molar-refractivity contribution in [3.8, 4) is 0 Å². The lowest BCUT2D eigenvalue weighted by Crippen LogP contribution is -2.19. The molecular weight excluding hydrogens is 398 g/mol. The normalized spacial score (nSPS) is 12.3. The topological polar surface area (TPSA) is 86.7 Å². The Morgan fingerprint density at radius 1 is 1.32 bits per heavy atom. The van der Waals surface area contributed by atoms with Crippen molar-refractivity contribution < 1.29 is 14.5 Å². The molecule has 2 aromatic heterocycles. The van der Waals surface area contributed by atoms with Crippen LogP contribution in [0.2, 0.25) is 0 Å². The zero-order valence-corrected chi connectivity index (χ0v) is 17.1. The zero-order chi connectivity index (χ0) is 20.1. The monoisotopic (exact) mass is 417 g/mol.